The fraction of sp³-hybridized carbons (Fsp3) is 0.538. The summed E-state index contributed by atoms with van der Waals surface area (Å²) in [7, 11) is 1.47. The first-order chi connectivity index (χ1) is 8.24. The molecule has 3 nitrogen and oxygen atoms in total. The van der Waals surface area contributed by atoms with E-state index in [1.54, 1.807) is 6.07 Å². The third-order valence-corrected chi connectivity index (χ3v) is 3.33. The molecule has 4 heteroatoms. The van der Waals surface area contributed by atoms with Gasteiger partial charge in [0.2, 0.25) is 0 Å². The van der Waals surface area contributed by atoms with Crippen molar-refractivity contribution in [2.75, 3.05) is 20.3 Å². The maximum Gasteiger partial charge on any atom is 0.165 e. The SMILES string of the molecule is COc1c(F)cccc1C(N)C1CCOCC1. The molecule has 1 atom stereocenters. The van der Waals surface area contributed by atoms with Crippen molar-refractivity contribution >= 4 is 0 Å². The molecule has 0 spiro atoms. The highest BCUT2D eigenvalue weighted by molar-refractivity contribution is 5.37. The van der Waals surface area contributed by atoms with Crippen molar-refractivity contribution in [1.29, 1.82) is 0 Å². The second-order valence-corrected chi connectivity index (χ2v) is 4.34. The van der Waals surface area contributed by atoms with Gasteiger partial charge in [-0.1, -0.05) is 12.1 Å². The summed E-state index contributed by atoms with van der Waals surface area (Å²) in [6, 6.07) is 4.71. The first-order valence-corrected chi connectivity index (χ1v) is 5.89. The standard InChI is InChI=1S/C13H18FNO2/c1-16-13-10(3-2-4-11(13)14)12(15)9-5-7-17-8-6-9/h2-4,9,12H,5-8,15H2,1H3. The van der Waals surface area contributed by atoms with Gasteiger partial charge in [0, 0.05) is 24.8 Å². The Labute approximate surface area is 101 Å². The molecular weight excluding hydrogens is 221 g/mol. The summed E-state index contributed by atoms with van der Waals surface area (Å²) in [5, 5.41) is 0. The van der Waals surface area contributed by atoms with Crippen molar-refractivity contribution in [1.82, 2.24) is 0 Å². The van der Waals surface area contributed by atoms with E-state index in [0.717, 1.165) is 31.6 Å². The Kier molecular flexibility index (Phi) is 3.97. The lowest BCUT2D eigenvalue weighted by Gasteiger charge is -2.28. The fourth-order valence-corrected chi connectivity index (χ4v) is 2.33. The summed E-state index contributed by atoms with van der Waals surface area (Å²) in [5.41, 5.74) is 6.96. The number of methoxy groups -OCH3 is 1. The van der Waals surface area contributed by atoms with Crippen LogP contribution in [0.3, 0.4) is 0 Å². The first-order valence-electron chi connectivity index (χ1n) is 5.89. The molecule has 17 heavy (non-hydrogen) atoms. The number of rotatable bonds is 3. The number of hydrogen-bond donors (Lipinski definition) is 1. The minimum atomic E-state index is -0.354. The van der Waals surface area contributed by atoms with Crippen molar-refractivity contribution in [3.05, 3.63) is 29.6 Å². The average Bonchev–Trinajstić information content (AvgIpc) is 2.38. The number of nitrogens with two attached hydrogens (primary N) is 1. The minimum Gasteiger partial charge on any atom is -0.493 e. The molecule has 1 aromatic rings. The van der Waals surface area contributed by atoms with Crippen LogP contribution >= 0.6 is 0 Å². The number of para-hydroxylation sites is 1. The fourth-order valence-electron chi connectivity index (χ4n) is 2.33. The second kappa shape index (κ2) is 5.47. The van der Waals surface area contributed by atoms with Crippen molar-refractivity contribution in [2.45, 2.75) is 18.9 Å². The zero-order valence-corrected chi connectivity index (χ0v) is 9.99. The smallest absolute Gasteiger partial charge is 0.165 e. The van der Waals surface area contributed by atoms with Gasteiger partial charge in [0.1, 0.15) is 0 Å². The molecule has 0 amide bonds. The van der Waals surface area contributed by atoms with E-state index in [1.807, 2.05) is 6.07 Å². The van der Waals surface area contributed by atoms with Crippen LogP contribution in [-0.4, -0.2) is 20.3 Å². The van der Waals surface area contributed by atoms with Gasteiger partial charge in [-0.25, -0.2) is 4.39 Å². The summed E-state index contributed by atoms with van der Waals surface area (Å²) < 4.78 is 24.0. The molecule has 1 aromatic carbocycles. The topological polar surface area (TPSA) is 44.5 Å². The molecule has 0 bridgehead atoms. The summed E-state index contributed by atoms with van der Waals surface area (Å²) in [4.78, 5) is 0. The Morgan fingerprint density at radius 3 is 2.76 bits per heavy atom. The zero-order chi connectivity index (χ0) is 12.3. The van der Waals surface area contributed by atoms with Gasteiger partial charge in [0.25, 0.3) is 0 Å². The van der Waals surface area contributed by atoms with Crippen LogP contribution < -0.4 is 10.5 Å². The van der Waals surface area contributed by atoms with E-state index in [2.05, 4.69) is 0 Å². The molecular formula is C13H18FNO2. The lowest BCUT2D eigenvalue weighted by molar-refractivity contribution is 0.0580. The molecule has 0 saturated carbocycles. The third-order valence-electron chi connectivity index (χ3n) is 3.33. The number of hydrogen-bond acceptors (Lipinski definition) is 3. The van der Waals surface area contributed by atoms with E-state index in [-0.39, 0.29) is 17.6 Å². The molecule has 1 saturated heterocycles. The van der Waals surface area contributed by atoms with E-state index in [1.165, 1.54) is 13.2 Å². The van der Waals surface area contributed by atoms with Gasteiger partial charge >= 0.3 is 0 Å². The van der Waals surface area contributed by atoms with Crippen LogP contribution in [0.4, 0.5) is 4.39 Å². The lowest BCUT2D eigenvalue weighted by Crippen LogP contribution is -2.27. The van der Waals surface area contributed by atoms with Crippen LogP contribution in [0.2, 0.25) is 0 Å². The van der Waals surface area contributed by atoms with Crippen LogP contribution in [0.5, 0.6) is 5.75 Å². The maximum atomic E-state index is 13.6. The molecule has 1 aliphatic heterocycles. The highest BCUT2D eigenvalue weighted by atomic mass is 19.1. The molecule has 1 heterocycles. The van der Waals surface area contributed by atoms with Crippen molar-refractivity contribution < 1.29 is 13.9 Å². The van der Waals surface area contributed by atoms with Gasteiger partial charge in [0.05, 0.1) is 7.11 Å². The van der Waals surface area contributed by atoms with E-state index in [9.17, 15) is 4.39 Å². The number of benzene rings is 1. The Balaban J connectivity index is 2.23. The van der Waals surface area contributed by atoms with Crippen LogP contribution in [0.1, 0.15) is 24.4 Å². The number of halogens is 1. The first kappa shape index (κ1) is 12.3. The van der Waals surface area contributed by atoms with Gasteiger partial charge in [-0.05, 0) is 24.8 Å². The molecule has 0 radical (unpaired) electrons. The Morgan fingerprint density at radius 1 is 1.41 bits per heavy atom. The summed E-state index contributed by atoms with van der Waals surface area (Å²) >= 11 is 0. The van der Waals surface area contributed by atoms with Crippen molar-refractivity contribution in [3.8, 4) is 5.75 Å². The van der Waals surface area contributed by atoms with Crippen molar-refractivity contribution in [2.24, 2.45) is 11.7 Å². The van der Waals surface area contributed by atoms with Gasteiger partial charge in [-0.15, -0.1) is 0 Å². The molecule has 1 fully saturated rings. The highest BCUT2D eigenvalue weighted by Gasteiger charge is 2.25. The average molecular weight is 239 g/mol. The maximum absolute atomic E-state index is 13.6. The lowest BCUT2D eigenvalue weighted by atomic mass is 9.87. The van der Waals surface area contributed by atoms with E-state index >= 15 is 0 Å². The van der Waals surface area contributed by atoms with Gasteiger partial charge in [0.15, 0.2) is 11.6 Å². The quantitative estimate of drug-likeness (QED) is 0.880. The summed E-state index contributed by atoms with van der Waals surface area (Å²) in [6.07, 6.45) is 1.83. The molecule has 0 aromatic heterocycles. The highest BCUT2D eigenvalue weighted by Crippen LogP contribution is 2.34. The minimum absolute atomic E-state index is 0.190. The van der Waals surface area contributed by atoms with E-state index in [4.69, 9.17) is 15.2 Å². The molecule has 2 N–H and O–H groups in total. The van der Waals surface area contributed by atoms with Gasteiger partial charge in [-0.3, -0.25) is 0 Å². The molecule has 2 rings (SSSR count). The Bertz CT molecular complexity index is 378. The predicted octanol–water partition coefficient (Wildman–Crippen LogP) is 2.26. The Morgan fingerprint density at radius 2 is 2.12 bits per heavy atom. The van der Waals surface area contributed by atoms with Crippen LogP contribution in [0.25, 0.3) is 0 Å². The summed E-state index contributed by atoms with van der Waals surface area (Å²) in [5.74, 6) is 0.249. The molecule has 94 valence electrons. The van der Waals surface area contributed by atoms with Crippen LogP contribution in [-0.2, 0) is 4.74 Å². The summed E-state index contributed by atoms with van der Waals surface area (Å²) in [6.45, 7) is 1.46. The predicted molar refractivity (Wildman–Crippen MR) is 63.4 cm³/mol. The largest absolute Gasteiger partial charge is 0.493 e. The number of ether oxygens (including phenoxy) is 2. The normalized spacial score (nSPS) is 19.0. The molecule has 0 aliphatic carbocycles. The Hall–Kier alpha value is -1.13. The van der Waals surface area contributed by atoms with Gasteiger partial charge < -0.3 is 15.2 Å². The third kappa shape index (κ3) is 2.58. The monoisotopic (exact) mass is 239 g/mol. The van der Waals surface area contributed by atoms with Crippen LogP contribution in [0.15, 0.2) is 18.2 Å². The molecule has 1 unspecified atom stereocenters. The van der Waals surface area contributed by atoms with Crippen LogP contribution in [0, 0.1) is 11.7 Å². The molecule has 1 aliphatic rings. The second-order valence-electron chi connectivity index (χ2n) is 4.34. The zero-order valence-electron chi connectivity index (χ0n) is 9.99. The van der Waals surface area contributed by atoms with Crippen molar-refractivity contribution in [3.63, 3.8) is 0 Å². The van der Waals surface area contributed by atoms with Gasteiger partial charge in [-0.2, -0.15) is 0 Å². The van der Waals surface area contributed by atoms with E-state index in [0.29, 0.717) is 5.92 Å². The van der Waals surface area contributed by atoms with E-state index < -0.39 is 0 Å².